The Hall–Kier alpha value is -1.91. The SMILES string of the molecule is Cc1cccc(NC(=O)C2CCN(C(=O)C(C)(C)C)CC2)n1. The Morgan fingerprint density at radius 3 is 2.41 bits per heavy atom. The summed E-state index contributed by atoms with van der Waals surface area (Å²) in [6, 6.07) is 5.57. The molecule has 0 saturated carbocycles. The minimum atomic E-state index is -0.361. The molecule has 2 amide bonds. The molecule has 0 unspecified atom stereocenters. The Labute approximate surface area is 132 Å². The number of anilines is 1. The summed E-state index contributed by atoms with van der Waals surface area (Å²) in [6.07, 6.45) is 1.42. The van der Waals surface area contributed by atoms with Crippen LogP contribution in [-0.4, -0.2) is 34.8 Å². The van der Waals surface area contributed by atoms with Crippen molar-refractivity contribution in [2.75, 3.05) is 18.4 Å². The Kier molecular flexibility index (Phi) is 4.84. The topological polar surface area (TPSA) is 62.3 Å². The van der Waals surface area contributed by atoms with Gasteiger partial charge in [-0.3, -0.25) is 9.59 Å². The summed E-state index contributed by atoms with van der Waals surface area (Å²) >= 11 is 0. The van der Waals surface area contributed by atoms with Crippen LogP contribution >= 0.6 is 0 Å². The van der Waals surface area contributed by atoms with E-state index < -0.39 is 0 Å². The molecule has 0 radical (unpaired) electrons. The first kappa shape index (κ1) is 16.5. The molecule has 120 valence electrons. The maximum absolute atomic E-state index is 12.3. The number of nitrogens with one attached hydrogen (secondary N) is 1. The van der Waals surface area contributed by atoms with Crippen LogP contribution in [0.2, 0.25) is 0 Å². The van der Waals surface area contributed by atoms with Crippen LogP contribution < -0.4 is 5.32 Å². The Morgan fingerprint density at radius 1 is 1.23 bits per heavy atom. The van der Waals surface area contributed by atoms with Gasteiger partial charge in [0.15, 0.2) is 0 Å². The van der Waals surface area contributed by atoms with Crippen LogP contribution in [0.5, 0.6) is 0 Å². The number of likely N-dealkylation sites (tertiary alicyclic amines) is 1. The van der Waals surface area contributed by atoms with Gasteiger partial charge in [-0.25, -0.2) is 4.98 Å². The van der Waals surface area contributed by atoms with Crippen molar-refractivity contribution in [1.29, 1.82) is 0 Å². The first-order valence-corrected chi connectivity index (χ1v) is 7.81. The van der Waals surface area contributed by atoms with Crippen LogP contribution in [0.1, 0.15) is 39.3 Å². The molecule has 1 saturated heterocycles. The number of rotatable bonds is 2. The number of piperidine rings is 1. The smallest absolute Gasteiger partial charge is 0.228 e. The average Bonchev–Trinajstić information content (AvgIpc) is 2.45. The zero-order chi connectivity index (χ0) is 16.3. The zero-order valence-electron chi connectivity index (χ0n) is 13.8. The highest BCUT2D eigenvalue weighted by atomic mass is 16.2. The second-order valence-corrected chi connectivity index (χ2v) is 6.97. The van der Waals surface area contributed by atoms with Crippen molar-refractivity contribution < 1.29 is 9.59 Å². The van der Waals surface area contributed by atoms with Gasteiger partial charge in [-0.15, -0.1) is 0 Å². The molecule has 1 aliphatic rings. The highest BCUT2D eigenvalue weighted by molar-refractivity contribution is 5.92. The third kappa shape index (κ3) is 4.06. The van der Waals surface area contributed by atoms with Gasteiger partial charge in [0.25, 0.3) is 0 Å². The van der Waals surface area contributed by atoms with E-state index in [4.69, 9.17) is 0 Å². The fourth-order valence-electron chi connectivity index (χ4n) is 2.66. The first-order valence-electron chi connectivity index (χ1n) is 7.81. The van der Waals surface area contributed by atoms with E-state index >= 15 is 0 Å². The summed E-state index contributed by atoms with van der Waals surface area (Å²) in [7, 11) is 0. The predicted octanol–water partition coefficient (Wildman–Crippen LogP) is 2.61. The standard InChI is InChI=1S/C17H25N3O2/c1-12-6-5-7-14(18-12)19-15(21)13-8-10-20(11-9-13)16(22)17(2,3)4/h5-7,13H,8-11H2,1-4H3,(H,18,19,21). The van der Waals surface area contributed by atoms with Crippen LogP contribution in [0.4, 0.5) is 5.82 Å². The number of aryl methyl sites for hydroxylation is 1. The molecule has 1 fully saturated rings. The number of amides is 2. The Bertz CT molecular complexity index is 555. The lowest BCUT2D eigenvalue weighted by molar-refractivity contribution is -0.142. The number of hydrogen-bond acceptors (Lipinski definition) is 3. The number of carbonyl (C=O) groups is 2. The van der Waals surface area contributed by atoms with Crippen LogP contribution in [0.15, 0.2) is 18.2 Å². The second-order valence-electron chi connectivity index (χ2n) is 6.97. The highest BCUT2D eigenvalue weighted by Crippen LogP contribution is 2.24. The van der Waals surface area contributed by atoms with Gasteiger partial charge in [-0.2, -0.15) is 0 Å². The van der Waals surface area contributed by atoms with Gasteiger partial charge >= 0.3 is 0 Å². The first-order chi connectivity index (χ1) is 10.3. The predicted molar refractivity (Wildman–Crippen MR) is 86.4 cm³/mol. The third-order valence-electron chi connectivity index (χ3n) is 3.93. The Morgan fingerprint density at radius 2 is 1.86 bits per heavy atom. The largest absolute Gasteiger partial charge is 0.342 e. The molecule has 0 atom stereocenters. The van der Waals surface area contributed by atoms with Crippen molar-refractivity contribution in [2.45, 2.75) is 40.5 Å². The number of hydrogen-bond donors (Lipinski definition) is 1. The lowest BCUT2D eigenvalue weighted by atomic mass is 9.90. The molecule has 5 nitrogen and oxygen atoms in total. The average molecular weight is 303 g/mol. The molecule has 0 aliphatic carbocycles. The zero-order valence-corrected chi connectivity index (χ0v) is 13.8. The van der Waals surface area contributed by atoms with E-state index in [-0.39, 0.29) is 23.1 Å². The molecule has 1 aliphatic heterocycles. The van der Waals surface area contributed by atoms with E-state index in [9.17, 15) is 9.59 Å². The maximum Gasteiger partial charge on any atom is 0.228 e. The number of carbonyl (C=O) groups excluding carboxylic acids is 2. The molecule has 22 heavy (non-hydrogen) atoms. The summed E-state index contributed by atoms with van der Waals surface area (Å²) in [4.78, 5) is 30.7. The van der Waals surface area contributed by atoms with Crippen molar-refractivity contribution in [3.05, 3.63) is 23.9 Å². The molecule has 0 spiro atoms. The lowest BCUT2D eigenvalue weighted by Gasteiger charge is -2.35. The summed E-state index contributed by atoms with van der Waals surface area (Å²) < 4.78 is 0. The van der Waals surface area contributed by atoms with Crippen LogP contribution in [0, 0.1) is 18.3 Å². The van der Waals surface area contributed by atoms with Gasteiger partial charge < -0.3 is 10.2 Å². The quantitative estimate of drug-likeness (QED) is 0.913. The molecule has 5 heteroatoms. The van der Waals surface area contributed by atoms with Gasteiger partial charge in [0.05, 0.1) is 0 Å². The van der Waals surface area contributed by atoms with Gasteiger partial charge in [0.2, 0.25) is 11.8 Å². The number of pyridine rings is 1. The third-order valence-corrected chi connectivity index (χ3v) is 3.93. The van der Waals surface area contributed by atoms with E-state index in [1.165, 1.54) is 0 Å². The van der Waals surface area contributed by atoms with Gasteiger partial charge in [-0.1, -0.05) is 26.8 Å². The van der Waals surface area contributed by atoms with Crippen molar-refractivity contribution >= 4 is 17.6 Å². The van der Waals surface area contributed by atoms with E-state index in [2.05, 4.69) is 10.3 Å². The van der Waals surface area contributed by atoms with Gasteiger partial charge in [0, 0.05) is 30.1 Å². The fourth-order valence-corrected chi connectivity index (χ4v) is 2.66. The van der Waals surface area contributed by atoms with E-state index in [0.717, 1.165) is 5.69 Å². The minimum absolute atomic E-state index is 0.000887. The molecule has 2 rings (SSSR count). The fraction of sp³-hybridized carbons (Fsp3) is 0.588. The molecule has 2 heterocycles. The van der Waals surface area contributed by atoms with Crippen LogP contribution in [0.25, 0.3) is 0 Å². The molecule has 0 bridgehead atoms. The molecule has 1 N–H and O–H groups in total. The molecular weight excluding hydrogens is 278 g/mol. The summed E-state index contributed by atoms with van der Waals surface area (Å²) in [5, 5.41) is 2.87. The maximum atomic E-state index is 12.3. The van der Waals surface area contributed by atoms with E-state index in [0.29, 0.717) is 31.7 Å². The van der Waals surface area contributed by atoms with Gasteiger partial charge in [0.1, 0.15) is 5.82 Å². The molecule has 0 aromatic carbocycles. The molecule has 1 aromatic rings. The summed E-state index contributed by atoms with van der Waals surface area (Å²) in [5.74, 6) is 0.706. The molecular formula is C17H25N3O2. The number of aromatic nitrogens is 1. The van der Waals surface area contributed by atoms with E-state index in [1.54, 1.807) is 6.07 Å². The van der Waals surface area contributed by atoms with Crippen molar-refractivity contribution in [1.82, 2.24) is 9.88 Å². The number of nitrogens with zero attached hydrogens (tertiary/aromatic N) is 2. The van der Waals surface area contributed by atoms with Crippen LogP contribution in [-0.2, 0) is 9.59 Å². The van der Waals surface area contributed by atoms with Gasteiger partial charge in [-0.05, 0) is 31.9 Å². The molecule has 1 aromatic heterocycles. The monoisotopic (exact) mass is 303 g/mol. The lowest BCUT2D eigenvalue weighted by Crippen LogP contribution is -2.45. The Balaban J connectivity index is 1.89. The normalized spacial score (nSPS) is 16.5. The van der Waals surface area contributed by atoms with Crippen LogP contribution in [0.3, 0.4) is 0 Å². The summed E-state index contributed by atoms with van der Waals surface area (Å²) in [5.41, 5.74) is 0.518. The van der Waals surface area contributed by atoms with Crippen molar-refractivity contribution in [3.8, 4) is 0 Å². The minimum Gasteiger partial charge on any atom is -0.342 e. The second kappa shape index (κ2) is 6.46. The highest BCUT2D eigenvalue weighted by Gasteiger charge is 2.32. The van der Waals surface area contributed by atoms with Crippen molar-refractivity contribution in [3.63, 3.8) is 0 Å². The summed E-state index contributed by atoms with van der Waals surface area (Å²) in [6.45, 7) is 8.98. The van der Waals surface area contributed by atoms with Crippen molar-refractivity contribution in [2.24, 2.45) is 11.3 Å². The van der Waals surface area contributed by atoms with E-state index in [1.807, 2.05) is 44.7 Å².